The molecule has 130 valence electrons. The van der Waals surface area contributed by atoms with Crippen LogP contribution in [-0.2, 0) is 14.5 Å². The van der Waals surface area contributed by atoms with E-state index < -0.39 is 5.79 Å². The fourth-order valence-corrected chi connectivity index (χ4v) is 7.12. The third-order valence-electron chi connectivity index (χ3n) is 7.65. The van der Waals surface area contributed by atoms with Crippen LogP contribution in [0.1, 0.15) is 84.0 Å². The maximum atomic E-state index is 6.46. The molecule has 6 aliphatic rings. The Bertz CT molecular complexity index is 432. The lowest BCUT2D eigenvalue weighted by molar-refractivity contribution is -0.403. The summed E-state index contributed by atoms with van der Waals surface area (Å²) in [5, 5.41) is 0. The Morgan fingerprint density at radius 1 is 0.870 bits per heavy atom. The van der Waals surface area contributed by atoms with Crippen molar-refractivity contribution >= 4 is 0 Å². The van der Waals surface area contributed by atoms with E-state index in [0.717, 1.165) is 43.6 Å². The highest BCUT2D eigenvalue weighted by Crippen LogP contribution is 2.60. The lowest BCUT2D eigenvalue weighted by Gasteiger charge is -2.57. The Labute approximate surface area is 140 Å². The summed E-state index contributed by atoms with van der Waals surface area (Å²) in [5.41, 5.74) is 0.415. The summed E-state index contributed by atoms with van der Waals surface area (Å²) in [6, 6.07) is 0. The first kappa shape index (κ1) is 15.2. The van der Waals surface area contributed by atoms with Gasteiger partial charge < -0.3 is 4.74 Å². The van der Waals surface area contributed by atoms with Crippen molar-refractivity contribution in [2.75, 3.05) is 6.61 Å². The zero-order chi connectivity index (χ0) is 15.5. The van der Waals surface area contributed by atoms with Gasteiger partial charge in [0.2, 0.25) is 5.79 Å². The largest absolute Gasteiger partial charge is 0.347 e. The van der Waals surface area contributed by atoms with E-state index in [9.17, 15) is 0 Å². The molecule has 1 atom stereocenters. The SMILES string of the molecule is CC1(OCC23CC4CC(CC(C4)C2)C3)CC2(CCCCC2)OO1. The van der Waals surface area contributed by atoms with Crippen molar-refractivity contribution in [2.24, 2.45) is 23.2 Å². The van der Waals surface area contributed by atoms with Crippen LogP contribution in [0.25, 0.3) is 0 Å². The van der Waals surface area contributed by atoms with E-state index in [1.165, 1.54) is 57.8 Å². The molecule has 3 nitrogen and oxygen atoms in total. The molecule has 0 aromatic rings. The van der Waals surface area contributed by atoms with E-state index in [-0.39, 0.29) is 5.60 Å². The molecule has 6 fully saturated rings. The van der Waals surface area contributed by atoms with E-state index in [1.54, 1.807) is 0 Å². The second-order valence-corrected chi connectivity index (χ2v) is 9.93. The number of hydrogen-bond acceptors (Lipinski definition) is 3. The molecule has 0 radical (unpaired) electrons. The quantitative estimate of drug-likeness (QED) is 0.686. The molecule has 23 heavy (non-hydrogen) atoms. The maximum Gasteiger partial charge on any atom is 0.201 e. The Morgan fingerprint density at radius 3 is 2.09 bits per heavy atom. The van der Waals surface area contributed by atoms with Gasteiger partial charge in [-0.1, -0.05) is 19.3 Å². The molecule has 0 aromatic heterocycles. The number of hydrogen-bond donors (Lipinski definition) is 0. The van der Waals surface area contributed by atoms with Crippen molar-refractivity contribution in [3.05, 3.63) is 0 Å². The molecule has 1 spiro atoms. The normalized spacial score (nSPS) is 50.7. The highest BCUT2D eigenvalue weighted by molar-refractivity contribution is 5.02. The molecule has 1 aliphatic heterocycles. The molecule has 1 heterocycles. The van der Waals surface area contributed by atoms with Crippen LogP contribution in [0.5, 0.6) is 0 Å². The first-order chi connectivity index (χ1) is 11.1. The van der Waals surface area contributed by atoms with Gasteiger partial charge in [0.05, 0.1) is 6.61 Å². The van der Waals surface area contributed by atoms with Crippen LogP contribution in [0.4, 0.5) is 0 Å². The van der Waals surface area contributed by atoms with Gasteiger partial charge in [0.1, 0.15) is 5.60 Å². The van der Waals surface area contributed by atoms with Crippen LogP contribution in [0.3, 0.4) is 0 Å². The monoisotopic (exact) mass is 320 g/mol. The van der Waals surface area contributed by atoms with Crippen LogP contribution >= 0.6 is 0 Å². The second kappa shape index (κ2) is 5.19. The summed E-state index contributed by atoms with van der Waals surface area (Å²) in [7, 11) is 0. The Balaban J connectivity index is 1.24. The predicted molar refractivity (Wildman–Crippen MR) is 87.6 cm³/mol. The number of ether oxygens (including phenoxy) is 1. The smallest absolute Gasteiger partial charge is 0.201 e. The third-order valence-corrected chi connectivity index (χ3v) is 7.65. The van der Waals surface area contributed by atoms with Gasteiger partial charge in [-0.2, -0.15) is 0 Å². The first-order valence-corrected chi connectivity index (χ1v) is 10.1. The minimum atomic E-state index is -0.513. The molecule has 6 rings (SSSR count). The number of rotatable bonds is 3. The molecular formula is C20H32O3. The van der Waals surface area contributed by atoms with Gasteiger partial charge in [0.15, 0.2) is 0 Å². The van der Waals surface area contributed by atoms with Gasteiger partial charge in [0, 0.05) is 6.42 Å². The van der Waals surface area contributed by atoms with Gasteiger partial charge >= 0.3 is 0 Å². The van der Waals surface area contributed by atoms with Crippen LogP contribution in [0, 0.1) is 23.2 Å². The van der Waals surface area contributed by atoms with Gasteiger partial charge in [-0.05, 0) is 81.5 Å². The highest BCUT2D eigenvalue weighted by atomic mass is 17.2. The molecule has 1 unspecified atom stereocenters. The van der Waals surface area contributed by atoms with Crippen molar-refractivity contribution in [1.29, 1.82) is 0 Å². The third kappa shape index (κ3) is 2.67. The highest BCUT2D eigenvalue weighted by Gasteiger charge is 2.54. The molecule has 0 amide bonds. The van der Waals surface area contributed by atoms with Crippen molar-refractivity contribution in [2.45, 2.75) is 95.4 Å². The summed E-state index contributed by atoms with van der Waals surface area (Å²) in [6.45, 7) is 3.00. The summed E-state index contributed by atoms with van der Waals surface area (Å²) in [4.78, 5) is 11.6. The fourth-order valence-electron chi connectivity index (χ4n) is 7.12. The zero-order valence-electron chi connectivity index (χ0n) is 14.6. The first-order valence-electron chi connectivity index (χ1n) is 10.1. The van der Waals surface area contributed by atoms with Crippen molar-refractivity contribution in [3.63, 3.8) is 0 Å². The molecule has 5 aliphatic carbocycles. The van der Waals surface area contributed by atoms with Crippen LogP contribution in [0.15, 0.2) is 0 Å². The van der Waals surface area contributed by atoms with E-state index in [4.69, 9.17) is 14.5 Å². The topological polar surface area (TPSA) is 27.7 Å². The average molecular weight is 320 g/mol. The predicted octanol–water partition coefficient (Wildman–Crippen LogP) is 4.99. The molecule has 0 aromatic carbocycles. The van der Waals surface area contributed by atoms with Gasteiger partial charge in [-0.15, -0.1) is 0 Å². The van der Waals surface area contributed by atoms with Gasteiger partial charge in [-0.25, -0.2) is 9.78 Å². The van der Waals surface area contributed by atoms with Crippen LogP contribution < -0.4 is 0 Å². The molecular weight excluding hydrogens is 288 g/mol. The Morgan fingerprint density at radius 2 is 1.48 bits per heavy atom. The maximum absolute atomic E-state index is 6.46. The lowest BCUT2D eigenvalue weighted by atomic mass is 9.50. The van der Waals surface area contributed by atoms with E-state index >= 15 is 0 Å². The van der Waals surface area contributed by atoms with E-state index in [0.29, 0.717) is 5.41 Å². The molecule has 1 saturated heterocycles. The Kier molecular flexibility index (Phi) is 3.42. The minimum Gasteiger partial charge on any atom is -0.347 e. The van der Waals surface area contributed by atoms with Crippen molar-refractivity contribution in [3.8, 4) is 0 Å². The zero-order valence-corrected chi connectivity index (χ0v) is 14.6. The standard InChI is InChI=1S/C20H32O3/c1-18(13-20(23-22-18)5-3-2-4-6-20)21-14-19-10-15-7-16(11-19)9-17(8-15)12-19/h15-17H,2-14H2,1H3. The lowest BCUT2D eigenvalue weighted by Crippen LogP contribution is -2.49. The summed E-state index contributed by atoms with van der Waals surface area (Å²) >= 11 is 0. The van der Waals surface area contributed by atoms with E-state index in [1.807, 2.05) is 0 Å². The Hall–Kier alpha value is -0.120. The molecule has 0 N–H and O–H groups in total. The summed E-state index contributed by atoms with van der Waals surface area (Å²) in [5.74, 6) is 2.45. The fraction of sp³-hybridized carbons (Fsp3) is 1.00. The van der Waals surface area contributed by atoms with Gasteiger partial charge in [0.25, 0.3) is 0 Å². The average Bonchev–Trinajstić information content (AvgIpc) is 2.82. The summed E-state index contributed by atoms with van der Waals surface area (Å²) in [6.07, 6.45) is 15.8. The summed E-state index contributed by atoms with van der Waals surface area (Å²) < 4.78 is 6.46. The second-order valence-electron chi connectivity index (χ2n) is 9.93. The minimum absolute atomic E-state index is 0.0472. The van der Waals surface area contributed by atoms with Crippen LogP contribution in [0.2, 0.25) is 0 Å². The van der Waals surface area contributed by atoms with Crippen LogP contribution in [-0.4, -0.2) is 18.0 Å². The van der Waals surface area contributed by atoms with E-state index in [2.05, 4.69) is 6.92 Å². The molecule has 5 saturated carbocycles. The molecule has 4 bridgehead atoms. The van der Waals surface area contributed by atoms with Gasteiger partial charge in [-0.3, -0.25) is 0 Å². The van der Waals surface area contributed by atoms with Crippen molar-refractivity contribution < 1.29 is 14.5 Å². The molecule has 3 heteroatoms. The van der Waals surface area contributed by atoms with Crippen molar-refractivity contribution in [1.82, 2.24) is 0 Å².